The Kier molecular flexibility index (Phi) is 22.3. The van der Waals surface area contributed by atoms with Gasteiger partial charge in [0.1, 0.15) is 0 Å². The molecule has 0 unspecified atom stereocenters. The Morgan fingerprint density at radius 3 is 0.975 bits per heavy atom. The van der Waals surface area contributed by atoms with Gasteiger partial charge in [0.05, 0.1) is 0 Å². The summed E-state index contributed by atoms with van der Waals surface area (Å²) in [6, 6.07) is 0. The summed E-state index contributed by atoms with van der Waals surface area (Å²) >= 11 is 0. The zero-order valence-electron chi connectivity index (χ0n) is 27.6. The van der Waals surface area contributed by atoms with Crippen molar-refractivity contribution >= 4 is 0 Å². The van der Waals surface area contributed by atoms with Crippen molar-refractivity contribution in [2.45, 2.75) is 108 Å². The van der Waals surface area contributed by atoms with Crippen molar-refractivity contribution < 1.29 is 0 Å². The molecule has 0 fully saturated rings. The summed E-state index contributed by atoms with van der Waals surface area (Å²) < 4.78 is 0. The number of rotatable bonds is 18. The highest BCUT2D eigenvalue weighted by atomic mass is 14.0. The zero-order valence-corrected chi connectivity index (χ0v) is 27.6. The molecule has 0 radical (unpaired) electrons. The van der Waals surface area contributed by atoms with Gasteiger partial charge in [0.15, 0.2) is 0 Å². The lowest BCUT2D eigenvalue weighted by Gasteiger charge is -2.03. The lowest BCUT2D eigenvalue weighted by atomic mass is 10.0. The first kappa shape index (κ1) is 37.1. The molecule has 0 nitrogen and oxygen atoms in total. The van der Waals surface area contributed by atoms with Crippen LogP contribution >= 0.6 is 0 Å². The van der Waals surface area contributed by atoms with Crippen molar-refractivity contribution in [1.82, 2.24) is 0 Å². The second kappa shape index (κ2) is 24.0. The molecule has 220 valence electrons. The van der Waals surface area contributed by atoms with Gasteiger partial charge in [0.25, 0.3) is 0 Å². The maximum absolute atomic E-state index is 2.29. The second-order valence-electron chi connectivity index (χ2n) is 12.1. The van der Waals surface area contributed by atoms with Gasteiger partial charge in [0.2, 0.25) is 0 Å². The highest BCUT2D eigenvalue weighted by Gasteiger charge is 1.95. The molecule has 0 bridgehead atoms. The minimum absolute atomic E-state index is 0.794. The molecule has 0 aromatic carbocycles. The molecule has 0 amide bonds. The summed E-state index contributed by atoms with van der Waals surface area (Å²) in [6.45, 7) is 22.2. The van der Waals surface area contributed by atoms with E-state index in [2.05, 4.69) is 166 Å². The normalized spacial score (nSPS) is 15.7. The molecule has 0 spiro atoms. The van der Waals surface area contributed by atoms with Gasteiger partial charge in [0, 0.05) is 0 Å². The van der Waals surface area contributed by atoms with Crippen molar-refractivity contribution in [1.29, 1.82) is 0 Å². The Labute approximate surface area is 249 Å². The Morgan fingerprint density at radius 2 is 0.675 bits per heavy atom. The van der Waals surface area contributed by atoms with Crippen molar-refractivity contribution in [3.8, 4) is 0 Å². The third kappa shape index (κ3) is 25.4. The second-order valence-corrected chi connectivity index (χ2v) is 12.1. The van der Waals surface area contributed by atoms with Crippen molar-refractivity contribution in [2.24, 2.45) is 11.8 Å². The standard InChI is InChI=1S/C40H60/c1-33(2)19-13-23-37(7)27-17-31-39(9)29-15-25-35(5)21-11-12-22-36(6)26-16-30-40(10)32-18-28-38(8)24-14-20-34(3)4/h11-12,15-18,21-22,25-34H,13-14,19-20,23-24H2,1-10H3/b12-11+,25-15+,26-16+,31-17+,32-18+,35-21+,36-22+,37-27+,38-28+,39-29+,40-30+. The summed E-state index contributed by atoms with van der Waals surface area (Å²) in [5.41, 5.74) is 7.85. The maximum Gasteiger partial charge on any atom is -0.0320 e. The van der Waals surface area contributed by atoms with Gasteiger partial charge < -0.3 is 0 Å². The van der Waals surface area contributed by atoms with Crippen molar-refractivity contribution in [2.75, 3.05) is 0 Å². The lowest BCUT2D eigenvalue weighted by molar-refractivity contribution is 0.554. The largest absolute Gasteiger partial charge is 0.0733 e. The quantitative estimate of drug-likeness (QED) is 0.152. The van der Waals surface area contributed by atoms with E-state index < -0.39 is 0 Å². The molecule has 0 aliphatic rings. The summed E-state index contributed by atoms with van der Waals surface area (Å²) in [6.07, 6.45) is 42.1. The topological polar surface area (TPSA) is 0 Å². The first-order valence-electron chi connectivity index (χ1n) is 15.4. The Bertz CT molecular complexity index is 946. The van der Waals surface area contributed by atoms with Crippen LogP contribution in [-0.2, 0) is 0 Å². The molecule has 0 saturated carbocycles. The van der Waals surface area contributed by atoms with Crippen LogP contribution in [-0.4, -0.2) is 0 Å². The van der Waals surface area contributed by atoms with Crippen LogP contribution in [0.25, 0.3) is 0 Å². The molecule has 40 heavy (non-hydrogen) atoms. The molecule has 0 aromatic rings. The Balaban J connectivity index is 4.64. The number of allylic oxidation sites excluding steroid dienone is 22. The van der Waals surface area contributed by atoms with Gasteiger partial charge in [-0.05, 0) is 79.1 Å². The van der Waals surface area contributed by atoms with Gasteiger partial charge in [-0.1, -0.05) is 171 Å². The van der Waals surface area contributed by atoms with Gasteiger partial charge in [-0.2, -0.15) is 0 Å². The number of hydrogen-bond acceptors (Lipinski definition) is 0. The highest BCUT2D eigenvalue weighted by molar-refractivity contribution is 5.32. The first-order chi connectivity index (χ1) is 19.0. The highest BCUT2D eigenvalue weighted by Crippen LogP contribution is 2.13. The van der Waals surface area contributed by atoms with Crippen LogP contribution in [0.2, 0.25) is 0 Å². The fourth-order valence-electron chi connectivity index (χ4n) is 3.81. The molecule has 0 saturated heterocycles. The zero-order chi connectivity index (χ0) is 30.2. The average Bonchev–Trinajstić information content (AvgIpc) is 2.86. The fraction of sp³-hybridized carbons (Fsp3) is 0.450. The molecule has 0 aromatic heterocycles. The van der Waals surface area contributed by atoms with E-state index in [9.17, 15) is 0 Å². The smallest absolute Gasteiger partial charge is 0.0320 e. The summed E-state index contributed by atoms with van der Waals surface area (Å²) in [7, 11) is 0. The van der Waals surface area contributed by atoms with E-state index in [1.54, 1.807) is 0 Å². The third-order valence-electron chi connectivity index (χ3n) is 6.45. The van der Waals surface area contributed by atoms with Gasteiger partial charge in [-0.25, -0.2) is 0 Å². The SMILES string of the molecule is CC(/C=C/C=C(C)/C=C/C=C(\C)CCCC(C)C)=C\C=C\C=C(C)\C=C\C=C(C)\C=C\C=C(/C)CCCC(C)C. The Morgan fingerprint density at radius 1 is 0.400 bits per heavy atom. The van der Waals surface area contributed by atoms with Crippen molar-refractivity contribution in [3.05, 3.63) is 131 Å². The molecule has 0 rings (SSSR count). The molecule has 0 aliphatic heterocycles. The van der Waals surface area contributed by atoms with Crippen LogP contribution in [0.15, 0.2) is 131 Å². The third-order valence-corrected chi connectivity index (χ3v) is 6.45. The van der Waals surface area contributed by atoms with E-state index in [4.69, 9.17) is 0 Å². The molecule has 0 heterocycles. The van der Waals surface area contributed by atoms with Crippen LogP contribution in [0, 0.1) is 11.8 Å². The van der Waals surface area contributed by atoms with Crippen LogP contribution in [0.1, 0.15) is 108 Å². The molecule has 0 N–H and O–H groups in total. The predicted octanol–water partition coefficient (Wildman–Crippen LogP) is 13.1. The van der Waals surface area contributed by atoms with Crippen LogP contribution in [0.3, 0.4) is 0 Å². The maximum atomic E-state index is 2.29. The van der Waals surface area contributed by atoms with E-state index >= 15 is 0 Å². The van der Waals surface area contributed by atoms with E-state index in [-0.39, 0.29) is 0 Å². The molecular formula is C40H60. The van der Waals surface area contributed by atoms with Gasteiger partial charge in [-0.3, -0.25) is 0 Å². The summed E-state index contributed by atoms with van der Waals surface area (Å²) in [5, 5.41) is 0. The Hall–Kier alpha value is -2.86. The molecule has 0 aliphatic carbocycles. The van der Waals surface area contributed by atoms with Crippen LogP contribution in [0.4, 0.5) is 0 Å². The minimum Gasteiger partial charge on any atom is -0.0733 e. The summed E-state index contributed by atoms with van der Waals surface area (Å²) in [4.78, 5) is 0. The summed E-state index contributed by atoms with van der Waals surface area (Å²) in [5.74, 6) is 1.59. The molecular weight excluding hydrogens is 480 g/mol. The fourth-order valence-corrected chi connectivity index (χ4v) is 3.81. The van der Waals surface area contributed by atoms with Gasteiger partial charge in [-0.15, -0.1) is 0 Å². The first-order valence-corrected chi connectivity index (χ1v) is 15.4. The van der Waals surface area contributed by atoms with Crippen LogP contribution < -0.4 is 0 Å². The van der Waals surface area contributed by atoms with Gasteiger partial charge >= 0.3 is 0 Å². The van der Waals surface area contributed by atoms with E-state index in [0.717, 1.165) is 11.8 Å². The number of hydrogen-bond donors (Lipinski definition) is 0. The predicted molar refractivity (Wildman–Crippen MR) is 186 cm³/mol. The van der Waals surface area contributed by atoms with Crippen LogP contribution in [0.5, 0.6) is 0 Å². The minimum atomic E-state index is 0.794. The average molecular weight is 541 g/mol. The molecule has 0 heteroatoms. The molecule has 0 atom stereocenters. The van der Waals surface area contributed by atoms with E-state index in [1.165, 1.54) is 72.0 Å². The van der Waals surface area contributed by atoms with E-state index in [1.807, 2.05) is 0 Å². The van der Waals surface area contributed by atoms with Crippen molar-refractivity contribution in [3.63, 3.8) is 0 Å². The monoisotopic (exact) mass is 540 g/mol. The lowest BCUT2D eigenvalue weighted by Crippen LogP contribution is -1.87. The van der Waals surface area contributed by atoms with E-state index in [0.29, 0.717) is 0 Å².